The molecule has 5 rings (SSSR count). The number of benzene rings is 3. The van der Waals surface area contributed by atoms with Crippen molar-refractivity contribution in [1.82, 2.24) is 0 Å². The van der Waals surface area contributed by atoms with Crippen molar-refractivity contribution >= 4 is 34.7 Å². The molecule has 1 N–H and O–H groups in total. The largest absolute Gasteiger partial charge is 0.507 e. The number of aliphatic hydroxyl groups excluding tert-OH is 1. The number of ketones is 1. The third kappa shape index (κ3) is 3.99. The number of nitrogens with zero attached hydrogens (tertiary/aromatic N) is 1. The summed E-state index contributed by atoms with van der Waals surface area (Å²) >= 11 is 6.14. The molecule has 0 aliphatic carbocycles. The van der Waals surface area contributed by atoms with Gasteiger partial charge in [-0.25, -0.2) is 0 Å². The first-order valence-electron chi connectivity index (χ1n) is 11.1. The van der Waals surface area contributed by atoms with Gasteiger partial charge in [-0.15, -0.1) is 0 Å². The number of ether oxygens (including phenoxy) is 4. The molecule has 2 aliphatic heterocycles. The number of hydrogen-bond acceptors (Lipinski definition) is 7. The van der Waals surface area contributed by atoms with Gasteiger partial charge in [-0.05, 0) is 48.0 Å². The van der Waals surface area contributed by atoms with E-state index in [9.17, 15) is 14.7 Å². The lowest BCUT2D eigenvalue weighted by Gasteiger charge is -2.27. The van der Waals surface area contributed by atoms with Crippen LogP contribution >= 0.6 is 11.6 Å². The second-order valence-corrected chi connectivity index (χ2v) is 8.53. The molecule has 9 heteroatoms. The van der Waals surface area contributed by atoms with E-state index in [4.69, 9.17) is 30.5 Å². The summed E-state index contributed by atoms with van der Waals surface area (Å²) in [6.07, 6.45) is 0. The quantitative estimate of drug-likeness (QED) is 0.302. The molecule has 0 aromatic heterocycles. The van der Waals surface area contributed by atoms with Gasteiger partial charge in [-0.3, -0.25) is 14.5 Å². The predicted octanol–water partition coefficient (Wildman–Crippen LogP) is 4.75. The molecule has 3 aromatic carbocycles. The van der Waals surface area contributed by atoms with Gasteiger partial charge < -0.3 is 24.1 Å². The Bertz CT molecular complexity index is 1400. The normalized spacial score (nSPS) is 18.3. The van der Waals surface area contributed by atoms with E-state index in [1.165, 1.54) is 25.2 Å². The fraction of sp³-hybridized carbons (Fsp3) is 0.185. The molecule has 0 radical (unpaired) electrons. The van der Waals surface area contributed by atoms with E-state index < -0.39 is 17.7 Å². The maximum absolute atomic E-state index is 13.4. The first-order valence-corrected chi connectivity index (χ1v) is 11.5. The molecule has 3 aromatic rings. The second kappa shape index (κ2) is 9.47. The van der Waals surface area contributed by atoms with E-state index in [0.717, 1.165) is 0 Å². The van der Waals surface area contributed by atoms with E-state index in [1.807, 2.05) is 0 Å². The SMILES string of the molecule is COc1cccc(C2/C(=C(\O)c3ccc(Cl)c(OC)c3)C(=O)C(=O)N2c2ccc3c(c2)OCCO3)c1. The Morgan fingerprint density at radius 3 is 2.50 bits per heavy atom. The molecule has 184 valence electrons. The average molecular weight is 508 g/mol. The van der Waals surface area contributed by atoms with Crippen LogP contribution < -0.4 is 23.8 Å². The highest BCUT2D eigenvalue weighted by Crippen LogP contribution is 2.45. The topological polar surface area (TPSA) is 94.5 Å². The average Bonchev–Trinajstić information content (AvgIpc) is 3.18. The smallest absolute Gasteiger partial charge is 0.300 e. The number of anilines is 1. The van der Waals surface area contributed by atoms with Crippen LogP contribution in [0.25, 0.3) is 5.76 Å². The number of carbonyl (C=O) groups excluding carboxylic acids is 2. The summed E-state index contributed by atoms with van der Waals surface area (Å²) in [6, 6.07) is 15.7. The number of rotatable bonds is 5. The van der Waals surface area contributed by atoms with Gasteiger partial charge in [0.25, 0.3) is 11.7 Å². The molecule has 0 bridgehead atoms. The maximum Gasteiger partial charge on any atom is 0.300 e. The molecule has 1 unspecified atom stereocenters. The van der Waals surface area contributed by atoms with E-state index >= 15 is 0 Å². The molecule has 1 atom stereocenters. The standard InChI is InChI=1S/C27H22ClNO7/c1-33-18-5-3-4-15(12-18)24-23(25(30)16-6-8-19(28)21(13-16)34-2)26(31)27(32)29(24)17-7-9-20-22(14-17)36-11-10-35-20/h3-9,12-14,24,30H,10-11H2,1-2H3/b25-23+. The molecule has 0 saturated carbocycles. The molecule has 1 fully saturated rings. The number of Topliss-reactive ketones (excluding diaryl/α,β-unsaturated/α-hetero) is 1. The van der Waals surface area contributed by atoms with Crippen molar-refractivity contribution in [3.8, 4) is 23.0 Å². The Kier molecular flexibility index (Phi) is 6.20. The van der Waals surface area contributed by atoms with Crippen molar-refractivity contribution in [2.45, 2.75) is 6.04 Å². The molecular formula is C27H22ClNO7. The lowest BCUT2D eigenvalue weighted by Crippen LogP contribution is -2.29. The Morgan fingerprint density at radius 1 is 0.972 bits per heavy atom. The van der Waals surface area contributed by atoms with E-state index in [2.05, 4.69) is 0 Å². The number of carbonyl (C=O) groups is 2. The summed E-state index contributed by atoms with van der Waals surface area (Å²) in [5.74, 6) is -0.101. The van der Waals surface area contributed by atoms with Crippen LogP contribution in [0.1, 0.15) is 17.2 Å². The predicted molar refractivity (Wildman–Crippen MR) is 133 cm³/mol. The highest BCUT2D eigenvalue weighted by atomic mass is 35.5. The number of hydrogen-bond donors (Lipinski definition) is 1. The molecule has 2 aliphatic rings. The Balaban J connectivity index is 1.71. The third-order valence-corrected chi connectivity index (χ3v) is 6.39. The number of fused-ring (bicyclic) bond motifs is 1. The van der Waals surface area contributed by atoms with Crippen LogP contribution in [0.15, 0.2) is 66.2 Å². The van der Waals surface area contributed by atoms with Crippen LogP contribution in [0.3, 0.4) is 0 Å². The molecular weight excluding hydrogens is 486 g/mol. The fourth-order valence-corrected chi connectivity index (χ4v) is 4.57. The van der Waals surface area contributed by atoms with Crippen LogP contribution in [0.5, 0.6) is 23.0 Å². The first kappa shape index (κ1) is 23.6. The van der Waals surface area contributed by atoms with Crippen LogP contribution in [0.2, 0.25) is 5.02 Å². The van der Waals surface area contributed by atoms with Gasteiger partial charge in [0.2, 0.25) is 0 Å². The molecule has 36 heavy (non-hydrogen) atoms. The monoisotopic (exact) mass is 507 g/mol. The molecule has 8 nitrogen and oxygen atoms in total. The van der Waals surface area contributed by atoms with E-state index in [1.54, 1.807) is 54.6 Å². The third-order valence-electron chi connectivity index (χ3n) is 6.08. The van der Waals surface area contributed by atoms with Crippen LogP contribution in [-0.4, -0.2) is 44.2 Å². The second-order valence-electron chi connectivity index (χ2n) is 8.12. The van der Waals surface area contributed by atoms with Gasteiger partial charge in [-0.2, -0.15) is 0 Å². The van der Waals surface area contributed by atoms with Crippen molar-refractivity contribution < 1.29 is 33.6 Å². The fourth-order valence-electron chi connectivity index (χ4n) is 4.37. The zero-order valence-electron chi connectivity index (χ0n) is 19.5. The number of methoxy groups -OCH3 is 2. The summed E-state index contributed by atoms with van der Waals surface area (Å²) in [7, 11) is 2.97. The van der Waals surface area contributed by atoms with Gasteiger partial charge in [0.05, 0.1) is 30.9 Å². The van der Waals surface area contributed by atoms with Crippen molar-refractivity contribution in [2.24, 2.45) is 0 Å². The molecule has 1 saturated heterocycles. The molecule has 1 amide bonds. The summed E-state index contributed by atoms with van der Waals surface area (Å²) in [6.45, 7) is 0.790. The molecule has 0 spiro atoms. The van der Waals surface area contributed by atoms with Gasteiger partial charge in [0, 0.05) is 17.3 Å². The zero-order chi connectivity index (χ0) is 25.4. The van der Waals surface area contributed by atoms with Crippen LogP contribution in [-0.2, 0) is 9.59 Å². The lowest BCUT2D eigenvalue weighted by molar-refractivity contribution is -0.132. The van der Waals surface area contributed by atoms with Crippen molar-refractivity contribution in [2.75, 3.05) is 32.3 Å². The van der Waals surface area contributed by atoms with Gasteiger partial charge in [0.15, 0.2) is 11.5 Å². The minimum absolute atomic E-state index is 0.0764. The Labute approximate surface area is 212 Å². The van der Waals surface area contributed by atoms with Gasteiger partial charge in [0.1, 0.15) is 30.5 Å². The minimum Gasteiger partial charge on any atom is -0.507 e. The summed E-state index contributed by atoms with van der Waals surface area (Å²) in [5, 5.41) is 11.7. The van der Waals surface area contributed by atoms with Crippen molar-refractivity contribution in [1.29, 1.82) is 0 Å². The molecule has 2 heterocycles. The van der Waals surface area contributed by atoms with Crippen molar-refractivity contribution in [3.63, 3.8) is 0 Å². The van der Waals surface area contributed by atoms with E-state index in [0.29, 0.717) is 52.5 Å². The summed E-state index contributed by atoms with van der Waals surface area (Å²) in [5.41, 5.74) is 1.20. The number of aliphatic hydroxyl groups is 1. The summed E-state index contributed by atoms with van der Waals surface area (Å²) < 4.78 is 21.9. The Morgan fingerprint density at radius 2 is 1.75 bits per heavy atom. The van der Waals surface area contributed by atoms with Gasteiger partial charge >= 0.3 is 0 Å². The maximum atomic E-state index is 13.4. The van der Waals surface area contributed by atoms with Crippen molar-refractivity contribution in [3.05, 3.63) is 82.4 Å². The minimum atomic E-state index is -0.940. The highest BCUT2D eigenvalue weighted by molar-refractivity contribution is 6.51. The number of amides is 1. The lowest BCUT2D eigenvalue weighted by atomic mass is 9.95. The number of halogens is 1. The first-order chi connectivity index (χ1) is 17.4. The van der Waals surface area contributed by atoms with Crippen LogP contribution in [0.4, 0.5) is 5.69 Å². The van der Waals surface area contributed by atoms with E-state index in [-0.39, 0.29) is 16.9 Å². The highest BCUT2D eigenvalue weighted by Gasteiger charge is 2.47. The van der Waals surface area contributed by atoms with Crippen LogP contribution in [0, 0.1) is 0 Å². The Hall–Kier alpha value is -4.17. The zero-order valence-corrected chi connectivity index (χ0v) is 20.2. The van der Waals surface area contributed by atoms with Gasteiger partial charge in [-0.1, -0.05) is 23.7 Å². The summed E-state index contributed by atoms with van der Waals surface area (Å²) in [4.78, 5) is 28.2.